The highest BCUT2D eigenvalue weighted by atomic mass is 32.2. The molecule has 0 unspecified atom stereocenters. The highest BCUT2D eigenvalue weighted by Crippen LogP contribution is 2.31. The molecule has 1 nitrogen and oxygen atoms in total. The zero-order valence-corrected chi connectivity index (χ0v) is 27.9. The van der Waals surface area contributed by atoms with Gasteiger partial charge < -0.3 is 0 Å². The molecule has 5 rings (SSSR count). The van der Waals surface area contributed by atoms with Crippen molar-refractivity contribution in [2.75, 3.05) is 12.5 Å². The molecule has 4 aromatic carbocycles. The van der Waals surface area contributed by atoms with E-state index < -0.39 is 144 Å². The highest BCUT2D eigenvalue weighted by molar-refractivity contribution is 7.90. The van der Waals surface area contributed by atoms with Gasteiger partial charge >= 0.3 is 0 Å². The zero-order valence-electron chi connectivity index (χ0n) is 27.1. The van der Waals surface area contributed by atoms with E-state index in [4.69, 9.17) is 4.18 Å². The van der Waals surface area contributed by atoms with E-state index in [-0.39, 0.29) is 11.2 Å². The SMILES string of the molecule is C[S+](C)OC1CCCCC1.Fc1c(F)c(F)c([B-](c2c(F)c(F)c(F)c(F)c2F)(c2c(F)c(F)c(F)c(F)c2F)c2c(F)c(F)c(F)c(F)c2F)c(F)c1F. The van der Waals surface area contributed by atoms with Crippen LogP contribution in [-0.2, 0) is 15.4 Å². The first-order valence-corrected chi connectivity index (χ1v) is 16.9. The summed E-state index contributed by atoms with van der Waals surface area (Å²) in [6, 6.07) is 0. The molecule has 0 saturated heterocycles. The first-order chi connectivity index (χ1) is 25.5. The lowest BCUT2D eigenvalue weighted by Gasteiger charge is -2.44. The van der Waals surface area contributed by atoms with E-state index in [0.717, 1.165) is 0 Å². The minimum Gasteiger partial charge on any atom is -0.207 e. The fourth-order valence-corrected chi connectivity index (χ4v) is 7.04. The quantitative estimate of drug-likeness (QED) is 0.0630. The van der Waals surface area contributed by atoms with Crippen molar-refractivity contribution in [3.05, 3.63) is 116 Å². The van der Waals surface area contributed by atoms with E-state index in [1.165, 1.54) is 32.1 Å². The number of hydrogen-bond acceptors (Lipinski definition) is 1. The van der Waals surface area contributed by atoms with Gasteiger partial charge in [-0.2, -0.15) is 4.18 Å². The smallest absolute Gasteiger partial charge is 0.200 e. The van der Waals surface area contributed by atoms with Crippen LogP contribution in [0.4, 0.5) is 87.8 Å². The largest absolute Gasteiger partial charge is 0.207 e. The predicted molar refractivity (Wildman–Crippen MR) is 156 cm³/mol. The Morgan fingerprint density at radius 1 is 0.327 bits per heavy atom. The maximum Gasteiger partial charge on any atom is 0.200 e. The average molecular weight is 840 g/mol. The van der Waals surface area contributed by atoms with Gasteiger partial charge in [0.2, 0.25) is 0 Å². The van der Waals surface area contributed by atoms with Crippen LogP contribution < -0.4 is 21.9 Å². The molecule has 0 spiro atoms. The summed E-state index contributed by atoms with van der Waals surface area (Å²) < 4.78 is 300. The second-order valence-electron chi connectivity index (χ2n) is 11.9. The van der Waals surface area contributed by atoms with Gasteiger partial charge in [0.1, 0.15) is 82.5 Å². The van der Waals surface area contributed by atoms with Gasteiger partial charge in [-0.15, -0.1) is 21.9 Å². The van der Waals surface area contributed by atoms with Crippen molar-refractivity contribution in [3.63, 3.8) is 0 Å². The Labute approximate surface area is 298 Å². The summed E-state index contributed by atoms with van der Waals surface area (Å²) in [5.74, 6) is -71.4. The van der Waals surface area contributed by atoms with Gasteiger partial charge in [-0.05, 0) is 12.8 Å². The molecule has 0 N–H and O–H groups in total. The lowest BCUT2D eigenvalue weighted by atomic mass is 9.12. The summed E-state index contributed by atoms with van der Waals surface area (Å²) >= 11 is 0.187. The van der Waals surface area contributed by atoms with Crippen LogP contribution in [0.15, 0.2) is 0 Å². The van der Waals surface area contributed by atoms with Crippen molar-refractivity contribution < 1.29 is 92.0 Å². The molecule has 300 valence electrons. The maximum atomic E-state index is 15.4. The topological polar surface area (TPSA) is 9.23 Å². The van der Waals surface area contributed by atoms with Gasteiger partial charge in [-0.3, -0.25) is 0 Å². The summed E-state index contributed by atoms with van der Waals surface area (Å²) in [7, 11) is 0. The molecule has 23 heteroatoms. The summed E-state index contributed by atoms with van der Waals surface area (Å²) in [4.78, 5) is 0. The number of benzene rings is 4. The van der Waals surface area contributed by atoms with Crippen molar-refractivity contribution in [2.45, 2.75) is 38.2 Å². The summed E-state index contributed by atoms with van der Waals surface area (Å²) in [5, 5.41) is 0. The van der Waals surface area contributed by atoms with Crippen LogP contribution in [0.1, 0.15) is 32.1 Å². The Hall–Kier alpha value is -4.15. The molecule has 1 fully saturated rings. The van der Waals surface area contributed by atoms with Gasteiger partial charge in [0.25, 0.3) is 0 Å². The molecule has 0 amide bonds. The van der Waals surface area contributed by atoms with Crippen LogP contribution in [0.2, 0.25) is 0 Å². The van der Waals surface area contributed by atoms with Crippen molar-refractivity contribution >= 4 is 39.2 Å². The summed E-state index contributed by atoms with van der Waals surface area (Å²) in [6.07, 6.45) is 4.43. The molecule has 4 aromatic rings. The van der Waals surface area contributed by atoms with Crippen molar-refractivity contribution in [1.29, 1.82) is 0 Å². The Morgan fingerprint density at radius 2 is 0.509 bits per heavy atom. The van der Waals surface area contributed by atoms with Gasteiger partial charge in [0, 0.05) is 0 Å². The molecule has 55 heavy (non-hydrogen) atoms. The summed E-state index contributed by atoms with van der Waals surface area (Å²) in [5.41, 5.74) is -14.3. The third-order valence-electron chi connectivity index (χ3n) is 8.59. The molecule has 0 radical (unpaired) electrons. The molecular weight excluding hydrogens is 823 g/mol. The second-order valence-corrected chi connectivity index (χ2v) is 13.6. The fraction of sp³-hybridized carbons (Fsp3) is 0.250. The van der Waals surface area contributed by atoms with Gasteiger partial charge in [-0.25, -0.2) is 87.8 Å². The Kier molecular flexibility index (Phi) is 12.8. The third kappa shape index (κ3) is 6.98. The average Bonchev–Trinajstić information content (AvgIpc) is 3.15. The standard InChI is InChI=1S/C24BF20.C8H17OS/c26-5-1(6(27)14(35)21(42)13(5)34)25(2-7(28)15(36)22(43)16(37)8(2)29,3-9(30)17(38)23(44)18(39)10(3)31)4-11(32)19(40)24(45)20(41)12(4)33;1-10(2)9-8-6-4-3-5-7-8/h;8H,3-7H2,1-2H3/q-1;+1. The van der Waals surface area contributed by atoms with Crippen molar-refractivity contribution in [2.24, 2.45) is 0 Å². The van der Waals surface area contributed by atoms with Crippen LogP contribution in [0.3, 0.4) is 0 Å². The van der Waals surface area contributed by atoms with Gasteiger partial charge in [0.05, 0.1) is 0 Å². The molecule has 0 atom stereocenters. The predicted octanol–water partition coefficient (Wildman–Crippen LogP) is 7.97. The first kappa shape index (κ1) is 43.6. The van der Waals surface area contributed by atoms with E-state index in [9.17, 15) is 52.7 Å². The number of hydrogen-bond donors (Lipinski definition) is 0. The minimum absolute atomic E-state index is 0.187. The molecule has 1 saturated carbocycles. The second kappa shape index (κ2) is 16.1. The van der Waals surface area contributed by atoms with Crippen LogP contribution in [0, 0.1) is 116 Å². The molecule has 0 aromatic heterocycles. The maximum absolute atomic E-state index is 15.4. The van der Waals surface area contributed by atoms with Crippen molar-refractivity contribution in [1.82, 2.24) is 0 Å². The Balaban J connectivity index is 0.000000583. The Morgan fingerprint density at radius 3 is 0.691 bits per heavy atom. The fourth-order valence-electron chi connectivity index (χ4n) is 6.31. The van der Waals surface area contributed by atoms with E-state index in [1.54, 1.807) is 0 Å². The molecular formula is C32H17BF20OS. The molecule has 0 aliphatic heterocycles. The van der Waals surface area contributed by atoms with Crippen LogP contribution in [0.25, 0.3) is 0 Å². The lowest BCUT2D eigenvalue weighted by Crippen LogP contribution is -2.81. The number of halogens is 20. The van der Waals surface area contributed by atoms with Crippen LogP contribution in [0.5, 0.6) is 0 Å². The minimum atomic E-state index is -7.22. The molecule has 1 aliphatic carbocycles. The molecule has 0 bridgehead atoms. The first-order valence-electron chi connectivity index (χ1n) is 15.0. The molecule has 0 heterocycles. The lowest BCUT2D eigenvalue weighted by molar-refractivity contribution is 0.180. The van der Waals surface area contributed by atoms with Gasteiger partial charge in [0.15, 0.2) is 69.8 Å². The van der Waals surface area contributed by atoms with Gasteiger partial charge in [-0.1, -0.05) is 19.3 Å². The highest BCUT2D eigenvalue weighted by Gasteiger charge is 2.52. The third-order valence-corrected chi connectivity index (χ3v) is 9.24. The summed E-state index contributed by atoms with van der Waals surface area (Å²) in [6.45, 7) is 0. The van der Waals surface area contributed by atoms with E-state index in [0.29, 0.717) is 6.10 Å². The Bertz CT molecular complexity index is 1790. The monoisotopic (exact) mass is 840 g/mol. The van der Waals surface area contributed by atoms with Crippen LogP contribution >= 0.6 is 0 Å². The zero-order chi connectivity index (χ0) is 41.8. The number of rotatable bonds is 6. The van der Waals surface area contributed by atoms with E-state index in [1.807, 2.05) is 0 Å². The normalized spacial score (nSPS) is 13.8. The van der Waals surface area contributed by atoms with Crippen molar-refractivity contribution in [3.8, 4) is 0 Å². The van der Waals surface area contributed by atoms with E-state index >= 15 is 35.1 Å². The van der Waals surface area contributed by atoms with E-state index in [2.05, 4.69) is 12.5 Å². The van der Waals surface area contributed by atoms with Crippen LogP contribution in [-0.4, -0.2) is 24.8 Å². The molecule has 1 aliphatic rings.